The maximum Gasteiger partial charge on any atom is 0.410 e. The van der Waals surface area contributed by atoms with Crippen molar-refractivity contribution >= 4 is 18.2 Å². The molecule has 8 nitrogen and oxygen atoms in total. The lowest BCUT2D eigenvalue weighted by Crippen LogP contribution is -2.30. The van der Waals surface area contributed by atoms with Gasteiger partial charge in [-0.2, -0.15) is 0 Å². The molecule has 2 N–H and O–H groups in total. The summed E-state index contributed by atoms with van der Waals surface area (Å²) in [5.41, 5.74) is 0. The standard InChI is InChI=1S/C4H9NO.C2H2N4O2.ClH/c1-3-6-4-2-5-1;7-6(8)2-1-3-5-4-2;/h5H,1-4H2;1H,(H,3,4,5);1H. The molecule has 15 heavy (non-hydrogen) atoms. The first-order valence-corrected chi connectivity index (χ1v) is 4.09. The Morgan fingerprint density at radius 1 is 1.47 bits per heavy atom. The highest BCUT2D eigenvalue weighted by molar-refractivity contribution is 5.85. The predicted octanol–water partition coefficient (Wildman–Crippen LogP) is -0.259. The monoisotopic (exact) mass is 237 g/mol. The van der Waals surface area contributed by atoms with Crippen molar-refractivity contribution in [3.05, 3.63) is 16.3 Å². The van der Waals surface area contributed by atoms with Gasteiger partial charge >= 0.3 is 5.82 Å². The van der Waals surface area contributed by atoms with Gasteiger partial charge in [-0.25, -0.2) is 0 Å². The average molecular weight is 238 g/mol. The third-order valence-electron chi connectivity index (χ3n) is 1.44. The van der Waals surface area contributed by atoms with Crippen molar-refractivity contribution in [2.75, 3.05) is 26.3 Å². The second kappa shape index (κ2) is 8.09. The fourth-order valence-corrected chi connectivity index (χ4v) is 0.799. The minimum Gasteiger partial charge on any atom is -0.379 e. The molecule has 2 heterocycles. The number of nitrogens with one attached hydrogen (secondary N) is 2. The van der Waals surface area contributed by atoms with Crippen LogP contribution < -0.4 is 5.32 Å². The summed E-state index contributed by atoms with van der Waals surface area (Å²) in [6.45, 7) is 3.83. The number of nitrogens with zero attached hydrogens (tertiary/aromatic N) is 3. The number of nitro groups is 1. The summed E-state index contributed by atoms with van der Waals surface area (Å²) < 4.78 is 5.01. The maximum absolute atomic E-state index is 9.75. The van der Waals surface area contributed by atoms with Crippen LogP contribution in [-0.4, -0.2) is 46.6 Å². The molecule has 1 saturated heterocycles. The predicted molar refractivity (Wildman–Crippen MR) is 54.0 cm³/mol. The molecule has 1 fully saturated rings. The molecule has 1 aliphatic rings. The van der Waals surface area contributed by atoms with Crippen molar-refractivity contribution in [3.63, 3.8) is 0 Å². The van der Waals surface area contributed by atoms with Gasteiger partial charge in [-0.3, -0.25) is 0 Å². The van der Waals surface area contributed by atoms with Gasteiger partial charge in [0.25, 0.3) is 0 Å². The molecule has 1 aromatic heterocycles. The zero-order chi connectivity index (χ0) is 10.2. The van der Waals surface area contributed by atoms with E-state index in [4.69, 9.17) is 4.74 Å². The number of halogens is 1. The first-order chi connectivity index (χ1) is 6.80. The number of rotatable bonds is 1. The Hall–Kier alpha value is -1.25. The maximum atomic E-state index is 9.75. The van der Waals surface area contributed by atoms with Gasteiger partial charge < -0.3 is 20.2 Å². The van der Waals surface area contributed by atoms with Gasteiger partial charge in [0.2, 0.25) is 0 Å². The summed E-state index contributed by atoms with van der Waals surface area (Å²) in [5, 5.41) is 21.4. The van der Waals surface area contributed by atoms with E-state index >= 15 is 0 Å². The number of morpholine rings is 1. The van der Waals surface area contributed by atoms with Gasteiger partial charge in [0.1, 0.15) is 0 Å². The number of aromatic nitrogens is 3. The number of ether oxygens (including phenoxy) is 1. The molecule has 0 amide bonds. The van der Waals surface area contributed by atoms with Crippen LogP contribution in [0.1, 0.15) is 0 Å². The normalized spacial score (nSPS) is 14.4. The summed E-state index contributed by atoms with van der Waals surface area (Å²) in [4.78, 5) is 9.12. The van der Waals surface area contributed by atoms with Gasteiger partial charge in [0.15, 0.2) is 6.20 Å². The van der Waals surface area contributed by atoms with Gasteiger partial charge in [-0.15, -0.1) is 22.7 Å². The zero-order valence-electron chi connectivity index (χ0n) is 7.88. The Morgan fingerprint density at radius 3 is 2.33 bits per heavy atom. The third-order valence-corrected chi connectivity index (χ3v) is 1.44. The SMILES string of the molecule is C1COCCN1.Cl.O=[N+]([O-])c1cn[nH]n1. The van der Waals surface area contributed by atoms with Crippen molar-refractivity contribution < 1.29 is 9.66 Å². The fourth-order valence-electron chi connectivity index (χ4n) is 0.799. The third kappa shape index (κ3) is 5.94. The van der Waals surface area contributed by atoms with Gasteiger partial charge in [0.05, 0.1) is 18.3 Å². The highest BCUT2D eigenvalue weighted by atomic mass is 35.5. The number of H-pyrrole nitrogens is 1. The molecule has 1 aliphatic heterocycles. The van der Waals surface area contributed by atoms with E-state index in [9.17, 15) is 10.1 Å². The summed E-state index contributed by atoms with van der Waals surface area (Å²) in [5.74, 6) is -0.259. The van der Waals surface area contributed by atoms with Crippen LogP contribution in [0.5, 0.6) is 0 Å². The Balaban J connectivity index is 0.000000253. The van der Waals surface area contributed by atoms with Crippen LogP contribution in [0.2, 0.25) is 0 Å². The van der Waals surface area contributed by atoms with Crippen LogP contribution >= 0.6 is 12.4 Å². The van der Waals surface area contributed by atoms with E-state index in [2.05, 4.69) is 20.7 Å². The molecule has 0 spiro atoms. The molecule has 0 aliphatic carbocycles. The van der Waals surface area contributed by atoms with E-state index in [1.54, 1.807) is 0 Å². The fraction of sp³-hybridized carbons (Fsp3) is 0.667. The van der Waals surface area contributed by atoms with Crippen LogP contribution in [0.15, 0.2) is 6.20 Å². The minimum absolute atomic E-state index is 0. The van der Waals surface area contributed by atoms with Crippen LogP contribution in [-0.2, 0) is 4.74 Å². The first-order valence-electron chi connectivity index (χ1n) is 4.09. The van der Waals surface area contributed by atoms with E-state index < -0.39 is 4.92 Å². The lowest BCUT2D eigenvalue weighted by atomic mass is 10.5. The van der Waals surface area contributed by atoms with Crippen LogP contribution in [0.4, 0.5) is 5.82 Å². The Labute approximate surface area is 91.9 Å². The highest BCUT2D eigenvalue weighted by Gasteiger charge is 2.04. The molecule has 0 atom stereocenters. The summed E-state index contributed by atoms with van der Waals surface area (Å²) in [7, 11) is 0. The molecule has 0 bridgehead atoms. The molecular weight excluding hydrogens is 226 g/mol. The summed E-state index contributed by atoms with van der Waals surface area (Å²) in [6.07, 6.45) is 1.04. The number of hydrogen-bond acceptors (Lipinski definition) is 6. The van der Waals surface area contributed by atoms with Crippen molar-refractivity contribution in [3.8, 4) is 0 Å². The van der Waals surface area contributed by atoms with E-state index in [0.29, 0.717) is 0 Å². The molecule has 9 heteroatoms. The van der Waals surface area contributed by atoms with Gasteiger partial charge in [0, 0.05) is 13.1 Å². The molecule has 0 saturated carbocycles. The lowest BCUT2D eigenvalue weighted by Gasteiger charge is -2.10. The molecule has 2 rings (SSSR count). The number of aromatic amines is 1. The summed E-state index contributed by atoms with van der Waals surface area (Å²) >= 11 is 0. The van der Waals surface area contributed by atoms with E-state index in [-0.39, 0.29) is 18.2 Å². The van der Waals surface area contributed by atoms with E-state index in [1.165, 1.54) is 0 Å². The Bertz CT molecular complexity index is 252. The Kier molecular flexibility index (Phi) is 7.42. The van der Waals surface area contributed by atoms with Crippen LogP contribution in [0.25, 0.3) is 0 Å². The Morgan fingerprint density at radius 2 is 2.13 bits per heavy atom. The van der Waals surface area contributed by atoms with Gasteiger partial charge in [-0.05, 0) is 4.92 Å². The minimum atomic E-state index is -0.622. The van der Waals surface area contributed by atoms with Crippen molar-refractivity contribution in [2.45, 2.75) is 0 Å². The molecular formula is C6H12ClN5O3. The average Bonchev–Trinajstić information content (AvgIpc) is 2.74. The molecule has 0 radical (unpaired) electrons. The highest BCUT2D eigenvalue weighted by Crippen LogP contribution is 1.97. The van der Waals surface area contributed by atoms with Crippen molar-refractivity contribution in [2.24, 2.45) is 0 Å². The lowest BCUT2D eigenvalue weighted by molar-refractivity contribution is -0.389. The second-order valence-corrected chi connectivity index (χ2v) is 2.45. The number of hydrogen-bond donors (Lipinski definition) is 2. The van der Waals surface area contributed by atoms with Crippen molar-refractivity contribution in [1.82, 2.24) is 20.7 Å². The largest absolute Gasteiger partial charge is 0.410 e. The smallest absolute Gasteiger partial charge is 0.379 e. The van der Waals surface area contributed by atoms with E-state index in [1.807, 2.05) is 0 Å². The van der Waals surface area contributed by atoms with Crippen LogP contribution in [0.3, 0.4) is 0 Å². The molecule has 0 aromatic carbocycles. The van der Waals surface area contributed by atoms with Crippen LogP contribution in [0, 0.1) is 10.1 Å². The second-order valence-electron chi connectivity index (χ2n) is 2.45. The first kappa shape index (κ1) is 13.8. The topological polar surface area (TPSA) is 106 Å². The summed E-state index contributed by atoms with van der Waals surface area (Å²) in [6, 6.07) is 0. The zero-order valence-corrected chi connectivity index (χ0v) is 8.70. The molecule has 0 unspecified atom stereocenters. The van der Waals surface area contributed by atoms with Crippen molar-refractivity contribution in [1.29, 1.82) is 0 Å². The molecule has 86 valence electrons. The molecule has 1 aromatic rings. The van der Waals surface area contributed by atoms with Gasteiger partial charge in [-0.1, -0.05) is 0 Å². The quantitative estimate of drug-likeness (QED) is 0.515. The van der Waals surface area contributed by atoms with E-state index in [0.717, 1.165) is 32.5 Å².